The summed E-state index contributed by atoms with van der Waals surface area (Å²) in [6, 6.07) is 14.6. The molecular formula is C24H32N2O2. The topological polar surface area (TPSA) is 41.6 Å². The van der Waals surface area contributed by atoms with Crippen LogP contribution in [0.1, 0.15) is 42.9 Å². The Hall–Kier alpha value is -2.49. The van der Waals surface area contributed by atoms with Crippen molar-refractivity contribution in [3.8, 4) is 5.75 Å². The normalized spacial score (nSPS) is 14.3. The van der Waals surface area contributed by atoms with E-state index < -0.39 is 6.10 Å². The second-order valence-corrected chi connectivity index (χ2v) is 7.62. The molecule has 1 aliphatic heterocycles. The Labute approximate surface area is 168 Å². The number of aryl methyl sites for hydroxylation is 3. The van der Waals surface area contributed by atoms with Crippen molar-refractivity contribution in [2.75, 3.05) is 24.5 Å². The van der Waals surface area contributed by atoms with Crippen LogP contribution in [0.15, 0.2) is 42.5 Å². The molecule has 28 heavy (non-hydrogen) atoms. The number of para-hydroxylation sites is 1. The number of nitrogens with one attached hydrogen (secondary N) is 1. The number of nitrogens with zero attached hydrogens (tertiary/aromatic N) is 1. The first kappa shape index (κ1) is 20.2. The fourth-order valence-electron chi connectivity index (χ4n) is 3.71. The fraction of sp³-hybridized carbons (Fsp3) is 0.458. The van der Waals surface area contributed by atoms with Crippen LogP contribution in [0.4, 0.5) is 5.69 Å². The molecule has 2 aromatic carbocycles. The van der Waals surface area contributed by atoms with Gasteiger partial charge in [-0.15, -0.1) is 0 Å². The molecule has 1 heterocycles. The van der Waals surface area contributed by atoms with Crippen LogP contribution >= 0.6 is 0 Å². The summed E-state index contributed by atoms with van der Waals surface area (Å²) in [6.07, 6.45) is 3.50. The number of hydrogen-bond donors (Lipinski definition) is 1. The molecule has 0 saturated heterocycles. The first-order chi connectivity index (χ1) is 13.6. The van der Waals surface area contributed by atoms with Crippen molar-refractivity contribution >= 4 is 11.6 Å². The maximum atomic E-state index is 12.5. The summed E-state index contributed by atoms with van der Waals surface area (Å²) < 4.78 is 5.93. The van der Waals surface area contributed by atoms with E-state index in [-0.39, 0.29) is 5.91 Å². The number of hydrogen-bond acceptors (Lipinski definition) is 3. The molecule has 0 bridgehead atoms. The molecule has 0 unspecified atom stereocenters. The third kappa shape index (κ3) is 5.06. The lowest BCUT2D eigenvalue weighted by atomic mass is 10.0. The maximum Gasteiger partial charge on any atom is 0.261 e. The van der Waals surface area contributed by atoms with E-state index in [2.05, 4.69) is 48.3 Å². The molecule has 0 fully saturated rings. The van der Waals surface area contributed by atoms with Gasteiger partial charge in [0.05, 0.1) is 0 Å². The summed E-state index contributed by atoms with van der Waals surface area (Å²) in [5.74, 6) is 0.731. The molecule has 4 heteroatoms. The number of amides is 1. The van der Waals surface area contributed by atoms with Crippen molar-refractivity contribution in [1.82, 2.24) is 5.32 Å². The van der Waals surface area contributed by atoms with Crippen molar-refractivity contribution in [3.63, 3.8) is 0 Å². The standard InChI is InChI=1S/C24H32N2O2/c1-4-23(28-21-13-12-18(2)19(3)17-21)24(27)25-14-8-16-26-15-7-10-20-9-5-6-11-22(20)26/h5-6,9,11-13,17,23H,4,7-8,10,14-16H2,1-3H3,(H,25,27)/t23-/m0/s1. The third-order valence-corrected chi connectivity index (χ3v) is 5.53. The summed E-state index contributed by atoms with van der Waals surface area (Å²) >= 11 is 0. The van der Waals surface area contributed by atoms with Gasteiger partial charge in [0.1, 0.15) is 5.75 Å². The molecule has 3 rings (SSSR count). The molecule has 2 aromatic rings. The summed E-state index contributed by atoms with van der Waals surface area (Å²) in [5, 5.41) is 3.05. The fourth-order valence-corrected chi connectivity index (χ4v) is 3.71. The number of benzene rings is 2. The predicted molar refractivity (Wildman–Crippen MR) is 115 cm³/mol. The summed E-state index contributed by atoms with van der Waals surface area (Å²) in [6.45, 7) is 8.84. The van der Waals surface area contributed by atoms with E-state index in [9.17, 15) is 4.79 Å². The predicted octanol–water partition coefficient (Wildman–Crippen LogP) is 4.42. The number of ether oxygens (including phenoxy) is 1. The van der Waals surface area contributed by atoms with Gasteiger partial charge in [-0.1, -0.05) is 31.2 Å². The highest BCUT2D eigenvalue weighted by molar-refractivity contribution is 5.81. The lowest BCUT2D eigenvalue weighted by Crippen LogP contribution is -2.39. The number of fused-ring (bicyclic) bond motifs is 1. The minimum absolute atomic E-state index is 0.0280. The molecule has 0 saturated carbocycles. The molecule has 1 atom stereocenters. The molecule has 0 aliphatic carbocycles. The highest BCUT2D eigenvalue weighted by atomic mass is 16.5. The van der Waals surface area contributed by atoms with Gasteiger partial charge in [-0.05, 0) is 74.4 Å². The zero-order chi connectivity index (χ0) is 19.9. The molecule has 150 valence electrons. The average Bonchev–Trinajstić information content (AvgIpc) is 2.71. The van der Waals surface area contributed by atoms with Crippen LogP contribution in [0.25, 0.3) is 0 Å². The van der Waals surface area contributed by atoms with Gasteiger partial charge < -0.3 is 15.0 Å². The number of carbonyl (C=O) groups is 1. The molecule has 0 spiro atoms. The molecule has 0 aromatic heterocycles. The Bertz CT molecular complexity index is 803. The summed E-state index contributed by atoms with van der Waals surface area (Å²) in [7, 11) is 0. The van der Waals surface area contributed by atoms with Crippen molar-refractivity contribution in [2.24, 2.45) is 0 Å². The average molecular weight is 381 g/mol. The first-order valence-electron chi connectivity index (χ1n) is 10.4. The van der Waals surface area contributed by atoms with Gasteiger partial charge in [0, 0.05) is 25.3 Å². The number of carbonyl (C=O) groups excluding carboxylic acids is 1. The smallest absolute Gasteiger partial charge is 0.261 e. The van der Waals surface area contributed by atoms with E-state index in [0.717, 1.165) is 31.7 Å². The van der Waals surface area contributed by atoms with Crippen LogP contribution < -0.4 is 15.0 Å². The van der Waals surface area contributed by atoms with Crippen LogP contribution in [-0.4, -0.2) is 31.6 Å². The quantitative estimate of drug-likeness (QED) is 0.689. The molecule has 1 amide bonds. The monoisotopic (exact) mass is 380 g/mol. The summed E-state index contributed by atoms with van der Waals surface area (Å²) in [5.41, 5.74) is 5.19. The minimum atomic E-state index is -0.446. The maximum absolute atomic E-state index is 12.5. The SMILES string of the molecule is CC[C@H](Oc1ccc(C)c(C)c1)C(=O)NCCCN1CCCc2ccccc21. The van der Waals surface area contributed by atoms with E-state index >= 15 is 0 Å². The van der Waals surface area contributed by atoms with Gasteiger partial charge >= 0.3 is 0 Å². The first-order valence-corrected chi connectivity index (χ1v) is 10.4. The van der Waals surface area contributed by atoms with E-state index in [1.165, 1.54) is 28.8 Å². The van der Waals surface area contributed by atoms with E-state index in [1.807, 2.05) is 25.1 Å². The molecule has 0 radical (unpaired) electrons. The molecule has 1 N–H and O–H groups in total. The van der Waals surface area contributed by atoms with Gasteiger partial charge in [-0.3, -0.25) is 4.79 Å². The summed E-state index contributed by atoms with van der Waals surface area (Å²) in [4.78, 5) is 15.0. The second kappa shape index (κ2) is 9.63. The van der Waals surface area contributed by atoms with Crippen LogP contribution in [0.3, 0.4) is 0 Å². The zero-order valence-electron chi connectivity index (χ0n) is 17.3. The van der Waals surface area contributed by atoms with Crippen LogP contribution in [-0.2, 0) is 11.2 Å². The van der Waals surface area contributed by atoms with Gasteiger partial charge in [0.25, 0.3) is 5.91 Å². The Kier molecular flexibility index (Phi) is 6.96. The highest BCUT2D eigenvalue weighted by Gasteiger charge is 2.19. The molecule has 1 aliphatic rings. The Morgan fingerprint density at radius 1 is 1.18 bits per heavy atom. The van der Waals surface area contributed by atoms with E-state index in [1.54, 1.807) is 0 Å². The highest BCUT2D eigenvalue weighted by Crippen LogP contribution is 2.26. The Morgan fingerprint density at radius 3 is 2.79 bits per heavy atom. The van der Waals surface area contributed by atoms with Gasteiger partial charge in [-0.25, -0.2) is 0 Å². The minimum Gasteiger partial charge on any atom is -0.481 e. The molecule has 4 nitrogen and oxygen atoms in total. The second-order valence-electron chi connectivity index (χ2n) is 7.62. The van der Waals surface area contributed by atoms with Gasteiger partial charge in [-0.2, -0.15) is 0 Å². The number of rotatable bonds is 8. The largest absolute Gasteiger partial charge is 0.481 e. The van der Waals surface area contributed by atoms with Crippen LogP contribution in [0.5, 0.6) is 5.75 Å². The number of anilines is 1. The van der Waals surface area contributed by atoms with Gasteiger partial charge in [0.15, 0.2) is 6.10 Å². The molecular weight excluding hydrogens is 348 g/mol. The lowest BCUT2D eigenvalue weighted by Gasteiger charge is -2.31. The van der Waals surface area contributed by atoms with Crippen molar-refractivity contribution in [1.29, 1.82) is 0 Å². The van der Waals surface area contributed by atoms with Crippen molar-refractivity contribution in [2.45, 2.75) is 52.6 Å². The Balaban J connectivity index is 1.46. The van der Waals surface area contributed by atoms with Crippen molar-refractivity contribution in [3.05, 3.63) is 59.2 Å². The van der Waals surface area contributed by atoms with Gasteiger partial charge in [0.2, 0.25) is 0 Å². The third-order valence-electron chi connectivity index (χ3n) is 5.53. The van der Waals surface area contributed by atoms with E-state index in [0.29, 0.717) is 13.0 Å². The van der Waals surface area contributed by atoms with E-state index in [4.69, 9.17) is 4.74 Å². The van der Waals surface area contributed by atoms with Crippen molar-refractivity contribution < 1.29 is 9.53 Å². The van der Waals surface area contributed by atoms with Crippen LogP contribution in [0, 0.1) is 13.8 Å². The Morgan fingerprint density at radius 2 is 2.00 bits per heavy atom. The zero-order valence-corrected chi connectivity index (χ0v) is 17.3. The lowest BCUT2D eigenvalue weighted by molar-refractivity contribution is -0.128. The van der Waals surface area contributed by atoms with Crippen LogP contribution in [0.2, 0.25) is 0 Å².